The second-order valence-corrected chi connectivity index (χ2v) is 7.58. The van der Waals surface area contributed by atoms with Crippen LogP contribution in [0.5, 0.6) is 0 Å². The fraction of sp³-hybridized carbons (Fsp3) is 0.115. The molecule has 1 aliphatic heterocycles. The molecular weight excluding hydrogens is 340 g/mol. The van der Waals surface area contributed by atoms with Crippen LogP contribution in [0.2, 0.25) is 0 Å². The first-order valence-electron chi connectivity index (χ1n) is 9.69. The quantitative estimate of drug-likeness (QED) is 0.441. The van der Waals surface area contributed by atoms with Crippen molar-refractivity contribution in [1.82, 2.24) is 4.98 Å². The molecule has 28 heavy (non-hydrogen) atoms. The fourth-order valence-corrected chi connectivity index (χ4v) is 3.80. The topological polar surface area (TPSA) is 24.9 Å². The van der Waals surface area contributed by atoms with Crippen molar-refractivity contribution in [1.29, 1.82) is 0 Å². The molecule has 2 nitrogen and oxygen atoms in total. The lowest BCUT2D eigenvalue weighted by atomic mass is 9.96. The average Bonchev–Trinajstić information content (AvgIpc) is 2.74. The molecule has 1 N–H and O–H groups in total. The third-order valence-electron chi connectivity index (χ3n) is 5.48. The first-order chi connectivity index (χ1) is 13.7. The van der Waals surface area contributed by atoms with Gasteiger partial charge in [0.15, 0.2) is 0 Å². The van der Waals surface area contributed by atoms with Crippen LogP contribution in [0.4, 0.5) is 5.69 Å². The first kappa shape index (κ1) is 16.8. The third-order valence-corrected chi connectivity index (χ3v) is 5.48. The van der Waals surface area contributed by atoms with Crippen molar-refractivity contribution in [3.8, 4) is 11.1 Å². The summed E-state index contributed by atoms with van der Waals surface area (Å²) in [6.07, 6.45) is 4.26. The highest BCUT2D eigenvalue weighted by Gasteiger charge is 2.15. The molecule has 0 saturated heterocycles. The molecule has 0 bridgehead atoms. The van der Waals surface area contributed by atoms with Crippen LogP contribution in [0.3, 0.4) is 0 Å². The number of nitrogens with zero attached hydrogens (tertiary/aromatic N) is 1. The molecule has 0 amide bonds. The summed E-state index contributed by atoms with van der Waals surface area (Å²) in [6, 6.07) is 23.9. The fourth-order valence-electron chi connectivity index (χ4n) is 3.80. The van der Waals surface area contributed by atoms with Crippen LogP contribution < -0.4 is 5.32 Å². The van der Waals surface area contributed by atoms with Crippen LogP contribution in [-0.2, 0) is 0 Å². The Bertz CT molecular complexity index is 1200. The standard InChI is InChI=1S/C26H22N2/c1-17-3-7-19(8-4-17)23-13-21-11-12-22-14-24(20-9-5-18(2)6-10-20)16-28-26(22)25(21)27-15-23/h3-15,28H,16H2,1-2H3. The lowest BCUT2D eigenvalue weighted by molar-refractivity contribution is 1.30. The minimum absolute atomic E-state index is 0.816. The number of rotatable bonds is 2. The molecule has 0 atom stereocenters. The molecule has 1 aromatic heterocycles. The van der Waals surface area contributed by atoms with E-state index < -0.39 is 0 Å². The lowest BCUT2D eigenvalue weighted by Crippen LogP contribution is -2.10. The van der Waals surface area contributed by atoms with E-state index in [1.807, 2.05) is 6.20 Å². The Morgan fingerprint density at radius 1 is 0.750 bits per heavy atom. The molecular formula is C26H22N2. The van der Waals surface area contributed by atoms with Crippen molar-refractivity contribution < 1.29 is 0 Å². The zero-order chi connectivity index (χ0) is 19.1. The summed E-state index contributed by atoms with van der Waals surface area (Å²) in [5, 5.41) is 4.77. The van der Waals surface area contributed by atoms with Crippen LogP contribution >= 0.6 is 0 Å². The number of anilines is 1. The molecule has 0 aliphatic carbocycles. The highest BCUT2D eigenvalue weighted by molar-refractivity contribution is 6.02. The van der Waals surface area contributed by atoms with Crippen LogP contribution in [-0.4, -0.2) is 11.5 Å². The van der Waals surface area contributed by atoms with Crippen LogP contribution in [0.15, 0.2) is 72.9 Å². The molecule has 1 aliphatic rings. The molecule has 136 valence electrons. The second-order valence-electron chi connectivity index (χ2n) is 7.58. The van der Waals surface area contributed by atoms with Crippen molar-refractivity contribution in [2.45, 2.75) is 13.8 Å². The van der Waals surface area contributed by atoms with E-state index in [9.17, 15) is 0 Å². The maximum Gasteiger partial charge on any atom is 0.0939 e. The van der Waals surface area contributed by atoms with Gasteiger partial charge in [0.2, 0.25) is 0 Å². The van der Waals surface area contributed by atoms with Gasteiger partial charge in [-0.05, 0) is 42.7 Å². The summed E-state index contributed by atoms with van der Waals surface area (Å²) in [4.78, 5) is 4.81. The van der Waals surface area contributed by atoms with Gasteiger partial charge in [-0.25, -0.2) is 0 Å². The van der Waals surface area contributed by atoms with Crippen molar-refractivity contribution >= 4 is 28.2 Å². The Balaban J connectivity index is 1.55. The van der Waals surface area contributed by atoms with Gasteiger partial charge in [-0.1, -0.05) is 71.8 Å². The molecule has 2 heteroatoms. The number of pyridine rings is 1. The SMILES string of the molecule is Cc1ccc(C2=Cc3ccc4cc(-c5ccc(C)cc5)cnc4c3NC2)cc1. The predicted molar refractivity (Wildman–Crippen MR) is 119 cm³/mol. The van der Waals surface area contributed by atoms with Gasteiger partial charge >= 0.3 is 0 Å². The van der Waals surface area contributed by atoms with Gasteiger partial charge in [-0.3, -0.25) is 4.98 Å². The van der Waals surface area contributed by atoms with Crippen molar-refractivity contribution in [2.24, 2.45) is 0 Å². The van der Waals surface area contributed by atoms with E-state index in [2.05, 4.69) is 92.0 Å². The lowest BCUT2D eigenvalue weighted by Gasteiger charge is -2.20. The summed E-state index contributed by atoms with van der Waals surface area (Å²) in [7, 11) is 0. The van der Waals surface area contributed by atoms with Gasteiger partial charge in [0.1, 0.15) is 0 Å². The molecule has 3 aromatic carbocycles. The van der Waals surface area contributed by atoms with Crippen LogP contribution in [0.1, 0.15) is 22.3 Å². The summed E-state index contributed by atoms with van der Waals surface area (Å²) in [5.41, 5.74) is 10.8. The number of aromatic nitrogens is 1. The van der Waals surface area contributed by atoms with Gasteiger partial charge in [0.05, 0.1) is 11.2 Å². The van der Waals surface area contributed by atoms with Crippen LogP contribution in [0.25, 0.3) is 33.7 Å². The number of hydrogen-bond donors (Lipinski definition) is 1. The smallest absolute Gasteiger partial charge is 0.0939 e. The number of fused-ring (bicyclic) bond motifs is 3. The molecule has 0 spiro atoms. The van der Waals surface area contributed by atoms with E-state index >= 15 is 0 Å². The molecule has 0 radical (unpaired) electrons. The second kappa shape index (κ2) is 6.65. The molecule has 5 rings (SSSR count). The van der Waals surface area contributed by atoms with E-state index in [-0.39, 0.29) is 0 Å². The Morgan fingerprint density at radius 2 is 1.43 bits per heavy atom. The molecule has 2 heterocycles. The molecule has 0 fully saturated rings. The van der Waals surface area contributed by atoms with Gasteiger partial charge < -0.3 is 5.32 Å². The summed E-state index contributed by atoms with van der Waals surface area (Å²) in [6.45, 7) is 5.05. The number of benzene rings is 3. The maximum absolute atomic E-state index is 4.81. The van der Waals surface area contributed by atoms with Gasteiger partial charge in [0.25, 0.3) is 0 Å². The van der Waals surface area contributed by atoms with E-state index in [1.54, 1.807) is 0 Å². The normalized spacial score (nSPS) is 13.0. The minimum Gasteiger partial charge on any atom is -0.379 e. The molecule has 0 saturated carbocycles. The van der Waals surface area contributed by atoms with Crippen LogP contribution in [0, 0.1) is 13.8 Å². The Labute approximate surface area is 165 Å². The van der Waals surface area contributed by atoms with E-state index in [1.165, 1.54) is 33.4 Å². The zero-order valence-electron chi connectivity index (χ0n) is 16.2. The third kappa shape index (κ3) is 2.97. The highest BCUT2D eigenvalue weighted by atomic mass is 14.9. The average molecular weight is 362 g/mol. The van der Waals surface area contributed by atoms with Gasteiger partial charge in [-0.15, -0.1) is 0 Å². The van der Waals surface area contributed by atoms with Crippen molar-refractivity contribution in [2.75, 3.05) is 11.9 Å². The Hall–Kier alpha value is -3.39. The van der Waals surface area contributed by atoms with E-state index in [0.29, 0.717) is 0 Å². The Morgan fingerprint density at radius 3 is 2.14 bits per heavy atom. The summed E-state index contributed by atoms with van der Waals surface area (Å²) >= 11 is 0. The zero-order valence-corrected chi connectivity index (χ0v) is 16.2. The Kier molecular flexibility index (Phi) is 3.98. The van der Waals surface area contributed by atoms with Crippen molar-refractivity contribution in [3.63, 3.8) is 0 Å². The maximum atomic E-state index is 4.81. The molecule has 4 aromatic rings. The van der Waals surface area contributed by atoms with Crippen molar-refractivity contribution in [3.05, 3.63) is 95.2 Å². The minimum atomic E-state index is 0.816. The monoisotopic (exact) mass is 362 g/mol. The summed E-state index contributed by atoms with van der Waals surface area (Å²) in [5.74, 6) is 0. The van der Waals surface area contributed by atoms with E-state index in [0.717, 1.165) is 28.7 Å². The van der Waals surface area contributed by atoms with Gasteiger partial charge in [0, 0.05) is 29.3 Å². The van der Waals surface area contributed by atoms with E-state index in [4.69, 9.17) is 4.98 Å². The van der Waals surface area contributed by atoms with Gasteiger partial charge in [-0.2, -0.15) is 0 Å². The summed E-state index contributed by atoms with van der Waals surface area (Å²) < 4.78 is 0. The number of nitrogens with one attached hydrogen (secondary N) is 1. The number of hydrogen-bond acceptors (Lipinski definition) is 2. The number of aryl methyl sites for hydroxylation is 2. The predicted octanol–water partition coefficient (Wildman–Crippen LogP) is 6.48. The highest BCUT2D eigenvalue weighted by Crippen LogP contribution is 2.35. The largest absolute Gasteiger partial charge is 0.379 e. The molecule has 0 unspecified atom stereocenters. The first-order valence-corrected chi connectivity index (χ1v) is 9.69.